The highest BCUT2D eigenvalue weighted by Gasteiger charge is 2.29. The van der Waals surface area contributed by atoms with Gasteiger partial charge in [0.05, 0.1) is 17.4 Å². The summed E-state index contributed by atoms with van der Waals surface area (Å²) < 4.78 is 1.67. The smallest absolute Gasteiger partial charge is 0.228 e. The summed E-state index contributed by atoms with van der Waals surface area (Å²) in [6.07, 6.45) is 6.99. The Balaban J connectivity index is 1.84. The normalized spacial score (nSPS) is 13.6. The van der Waals surface area contributed by atoms with Crippen molar-refractivity contribution in [3.8, 4) is 17.2 Å². The third-order valence-corrected chi connectivity index (χ3v) is 4.39. The molecule has 0 saturated heterocycles. The number of aryl methyl sites for hydroxylation is 1. The summed E-state index contributed by atoms with van der Waals surface area (Å²) in [4.78, 5) is 16.2. The molecule has 1 saturated carbocycles. The van der Waals surface area contributed by atoms with Gasteiger partial charge in [0.25, 0.3) is 0 Å². The van der Waals surface area contributed by atoms with Crippen molar-refractivity contribution in [2.24, 2.45) is 13.0 Å². The topological polar surface area (TPSA) is 110 Å². The first-order chi connectivity index (χ1) is 12.1. The highest BCUT2D eigenvalue weighted by molar-refractivity contribution is 6.02. The fraction of sp³-hybridized carbons (Fsp3) is 0.222. The number of carbonyl (C=O) groups is 1. The molecule has 1 aliphatic carbocycles. The van der Waals surface area contributed by atoms with E-state index in [1.165, 1.54) is 0 Å². The molecule has 0 spiro atoms. The van der Waals surface area contributed by atoms with Crippen LogP contribution in [0, 0.1) is 17.2 Å². The molecule has 2 aromatic heterocycles. The van der Waals surface area contributed by atoms with Crippen molar-refractivity contribution in [1.29, 1.82) is 5.26 Å². The minimum Gasteiger partial charge on any atom is -0.397 e. The number of nitrogen functional groups attached to an aromatic ring is 1. The van der Waals surface area contributed by atoms with E-state index in [0.29, 0.717) is 28.0 Å². The quantitative estimate of drug-likeness (QED) is 0.716. The van der Waals surface area contributed by atoms with Crippen molar-refractivity contribution < 1.29 is 4.79 Å². The van der Waals surface area contributed by atoms with E-state index in [1.807, 2.05) is 19.3 Å². The molecule has 0 unspecified atom stereocenters. The maximum atomic E-state index is 11.9. The van der Waals surface area contributed by atoms with E-state index >= 15 is 0 Å². The Labute approximate surface area is 144 Å². The summed E-state index contributed by atoms with van der Waals surface area (Å²) >= 11 is 0. The summed E-state index contributed by atoms with van der Waals surface area (Å²) in [7, 11) is 1.81. The average Bonchev–Trinajstić information content (AvgIpc) is 3.36. The number of carbonyl (C=O) groups excluding carboxylic acids is 1. The zero-order chi connectivity index (χ0) is 17.6. The molecule has 1 aliphatic rings. The maximum absolute atomic E-state index is 11.9. The molecule has 3 N–H and O–H groups in total. The van der Waals surface area contributed by atoms with Gasteiger partial charge in [-0.05, 0) is 30.4 Å². The second-order valence-corrected chi connectivity index (χ2v) is 6.28. The molecule has 0 aliphatic heterocycles. The van der Waals surface area contributed by atoms with Gasteiger partial charge in [-0.25, -0.2) is 4.98 Å². The minimum atomic E-state index is 0.000879. The third-order valence-electron chi connectivity index (χ3n) is 4.39. The Bertz CT molecular complexity index is 1040. The Morgan fingerprint density at radius 3 is 2.84 bits per heavy atom. The molecule has 7 nitrogen and oxygen atoms in total. The number of hydrogen-bond donors (Lipinski definition) is 2. The number of nitrogens with zero attached hydrogens (tertiary/aromatic N) is 4. The van der Waals surface area contributed by atoms with Gasteiger partial charge >= 0.3 is 0 Å². The van der Waals surface area contributed by atoms with Crippen LogP contribution in [0.15, 0.2) is 30.7 Å². The summed E-state index contributed by atoms with van der Waals surface area (Å²) in [5, 5.41) is 18.0. The Morgan fingerprint density at radius 2 is 2.20 bits per heavy atom. The molecule has 1 fully saturated rings. The van der Waals surface area contributed by atoms with E-state index in [1.54, 1.807) is 23.1 Å². The molecule has 2 heterocycles. The van der Waals surface area contributed by atoms with E-state index in [0.717, 1.165) is 23.8 Å². The van der Waals surface area contributed by atoms with Gasteiger partial charge in [-0.1, -0.05) is 0 Å². The largest absolute Gasteiger partial charge is 0.397 e. The Kier molecular flexibility index (Phi) is 3.39. The predicted molar refractivity (Wildman–Crippen MR) is 94.4 cm³/mol. The molecule has 4 rings (SSSR count). The van der Waals surface area contributed by atoms with Gasteiger partial charge < -0.3 is 11.1 Å². The number of nitriles is 1. The fourth-order valence-corrected chi connectivity index (χ4v) is 2.87. The van der Waals surface area contributed by atoms with Gasteiger partial charge in [0, 0.05) is 41.9 Å². The number of pyridine rings is 1. The molecular formula is C18H16N6O. The zero-order valence-corrected chi connectivity index (χ0v) is 13.7. The van der Waals surface area contributed by atoms with E-state index in [2.05, 4.69) is 21.5 Å². The molecule has 0 radical (unpaired) electrons. The number of hydrogen-bond acceptors (Lipinski definition) is 5. The molecule has 1 amide bonds. The lowest BCUT2D eigenvalue weighted by Crippen LogP contribution is -2.14. The zero-order valence-electron chi connectivity index (χ0n) is 13.7. The van der Waals surface area contributed by atoms with Crippen LogP contribution in [0.2, 0.25) is 0 Å². The molecule has 1 aromatic carbocycles. The van der Waals surface area contributed by atoms with Crippen molar-refractivity contribution >= 4 is 28.2 Å². The number of nitrogens with one attached hydrogen (secondary N) is 1. The van der Waals surface area contributed by atoms with Crippen LogP contribution < -0.4 is 11.1 Å². The molecule has 124 valence electrons. The van der Waals surface area contributed by atoms with Gasteiger partial charge in [0.2, 0.25) is 5.91 Å². The summed E-state index contributed by atoms with van der Waals surface area (Å²) in [6, 6.07) is 5.84. The number of amides is 1. The number of rotatable bonds is 3. The second-order valence-electron chi connectivity index (χ2n) is 6.28. The number of benzene rings is 1. The fourth-order valence-electron chi connectivity index (χ4n) is 2.87. The predicted octanol–water partition coefficient (Wildman–Crippen LogP) is 2.44. The van der Waals surface area contributed by atoms with Crippen molar-refractivity contribution in [3.63, 3.8) is 0 Å². The van der Waals surface area contributed by atoms with Gasteiger partial charge in [-0.3, -0.25) is 9.48 Å². The number of anilines is 2. The van der Waals surface area contributed by atoms with E-state index in [-0.39, 0.29) is 11.8 Å². The van der Waals surface area contributed by atoms with Gasteiger partial charge in [0.15, 0.2) is 0 Å². The Hall–Kier alpha value is -3.40. The maximum Gasteiger partial charge on any atom is 0.228 e. The van der Waals surface area contributed by atoms with Crippen LogP contribution in [-0.2, 0) is 11.8 Å². The van der Waals surface area contributed by atoms with E-state index in [9.17, 15) is 10.1 Å². The first kappa shape index (κ1) is 15.1. The molecule has 7 heteroatoms. The first-order valence-corrected chi connectivity index (χ1v) is 7.99. The lowest BCUT2D eigenvalue weighted by atomic mass is 9.97. The monoisotopic (exact) mass is 332 g/mol. The van der Waals surface area contributed by atoms with Crippen molar-refractivity contribution in [3.05, 3.63) is 36.3 Å². The summed E-state index contributed by atoms with van der Waals surface area (Å²) in [5.74, 6) is 0.598. The van der Waals surface area contributed by atoms with Crippen molar-refractivity contribution in [2.75, 3.05) is 11.1 Å². The standard InChI is InChI=1S/C18H16N6O/c1-24-9-12(7-22-24)13-4-11-5-16(23-18(25)10-2-3-10)21-8-15(11)17(20)14(13)6-19/h4-5,7-10H,2-3,20H2,1H3,(H,21,23,25). The highest BCUT2D eigenvalue weighted by Crippen LogP contribution is 2.35. The first-order valence-electron chi connectivity index (χ1n) is 7.99. The summed E-state index contributed by atoms with van der Waals surface area (Å²) in [5.41, 5.74) is 8.52. The van der Waals surface area contributed by atoms with Crippen LogP contribution in [0.1, 0.15) is 18.4 Å². The van der Waals surface area contributed by atoms with Crippen LogP contribution in [0.3, 0.4) is 0 Å². The van der Waals surface area contributed by atoms with Gasteiger partial charge in [-0.15, -0.1) is 0 Å². The number of nitrogens with two attached hydrogens (primary N) is 1. The average molecular weight is 332 g/mol. The molecular weight excluding hydrogens is 316 g/mol. The van der Waals surface area contributed by atoms with Crippen LogP contribution in [-0.4, -0.2) is 20.7 Å². The molecule has 0 bridgehead atoms. The van der Waals surface area contributed by atoms with E-state index in [4.69, 9.17) is 5.73 Å². The van der Waals surface area contributed by atoms with E-state index < -0.39 is 0 Å². The van der Waals surface area contributed by atoms with Crippen molar-refractivity contribution in [1.82, 2.24) is 14.8 Å². The number of aromatic nitrogens is 3. The van der Waals surface area contributed by atoms with Gasteiger partial charge in [-0.2, -0.15) is 10.4 Å². The molecule has 25 heavy (non-hydrogen) atoms. The third kappa shape index (κ3) is 2.68. The lowest BCUT2D eigenvalue weighted by Gasteiger charge is -2.11. The molecule has 0 atom stereocenters. The van der Waals surface area contributed by atoms with Crippen LogP contribution in [0.4, 0.5) is 11.5 Å². The van der Waals surface area contributed by atoms with Gasteiger partial charge in [0.1, 0.15) is 11.9 Å². The Morgan fingerprint density at radius 1 is 1.40 bits per heavy atom. The van der Waals surface area contributed by atoms with Crippen LogP contribution >= 0.6 is 0 Å². The van der Waals surface area contributed by atoms with Crippen LogP contribution in [0.5, 0.6) is 0 Å². The molecule has 3 aromatic rings. The number of fused-ring (bicyclic) bond motifs is 1. The lowest BCUT2D eigenvalue weighted by molar-refractivity contribution is -0.117. The second kappa shape index (κ2) is 5.60. The highest BCUT2D eigenvalue weighted by atomic mass is 16.2. The SMILES string of the molecule is Cn1cc(-c2cc3cc(NC(=O)C4CC4)ncc3c(N)c2C#N)cn1. The minimum absolute atomic E-state index is 0.000879. The van der Waals surface area contributed by atoms with Crippen molar-refractivity contribution in [2.45, 2.75) is 12.8 Å². The van der Waals surface area contributed by atoms with Crippen LogP contribution in [0.25, 0.3) is 21.9 Å². The summed E-state index contributed by atoms with van der Waals surface area (Å²) in [6.45, 7) is 0.